The van der Waals surface area contributed by atoms with Gasteiger partial charge in [0.15, 0.2) is 0 Å². The molecule has 0 aliphatic carbocycles. The van der Waals surface area contributed by atoms with E-state index in [0.29, 0.717) is 5.92 Å². The average Bonchev–Trinajstić information content (AvgIpc) is 2.77. The van der Waals surface area contributed by atoms with Crippen LogP contribution in [0.1, 0.15) is 26.7 Å². The van der Waals surface area contributed by atoms with Crippen molar-refractivity contribution in [3.8, 4) is 0 Å². The van der Waals surface area contributed by atoms with Crippen LogP contribution in [0.25, 0.3) is 0 Å². The molecule has 1 N–H and O–H groups in total. The molecule has 4 heteroatoms. The van der Waals surface area contributed by atoms with E-state index in [9.17, 15) is 0 Å². The number of nitrogens with zero attached hydrogens (tertiary/aromatic N) is 3. The Morgan fingerprint density at radius 3 is 3.07 bits per heavy atom. The summed E-state index contributed by atoms with van der Waals surface area (Å²) in [6.07, 6.45) is 6.14. The van der Waals surface area contributed by atoms with Gasteiger partial charge in [0.05, 0.1) is 11.9 Å². The van der Waals surface area contributed by atoms with Gasteiger partial charge in [-0.1, -0.05) is 13.8 Å². The standard InChI is InChI=1S/C11H18N4/c1-9(2)7-15-8-10(6-13-15)14-11-4-3-5-12-11/h6,8-9H,3-5,7H2,1-2H3,(H,12,14). The Kier molecular flexibility index (Phi) is 3.04. The lowest BCUT2D eigenvalue weighted by atomic mass is 10.2. The first-order chi connectivity index (χ1) is 7.24. The Bertz CT molecular complexity index is 351. The van der Waals surface area contributed by atoms with E-state index in [1.54, 1.807) is 0 Å². The molecule has 0 bridgehead atoms. The van der Waals surface area contributed by atoms with Crippen LogP contribution in [0.4, 0.5) is 5.69 Å². The van der Waals surface area contributed by atoms with Crippen LogP contribution in [-0.4, -0.2) is 22.2 Å². The molecule has 0 fully saturated rings. The zero-order valence-electron chi connectivity index (χ0n) is 9.40. The molecule has 0 saturated heterocycles. The SMILES string of the molecule is CC(C)Cn1cc(NC2=NCCC2)cn1. The van der Waals surface area contributed by atoms with Crippen LogP contribution in [0, 0.1) is 5.92 Å². The fourth-order valence-corrected chi connectivity index (χ4v) is 1.71. The molecule has 82 valence electrons. The summed E-state index contributed by atoms with van der Waals surface area (Å²) in [5, 5.41) is 7.60. The van der Waals surface area contributed by atoms with Crippen molar-refractivity contribution in [1.29, 1.82) is 0 Å². The molecule has 0 atom stereocenters. The van der Waals surface area contributed by atoms with Gasteiger partial charge in [-0.2, -0.15) is 5.10 Å². The quantitative estimate of drug-likeness (QED) is 0.823. The Morgan fingerprint density at radius 1 is 1.53 bits per heavy atom. The number of amidine groups is 1. The lowest BCUT2D eigenvalue weighted by molar-refractivity contribution is 0.483. The largest absolute Gasteiger partial charge is 0.342 e. The molecule has 2 heterocycles. The van der Waals surface area contributed by atoms with E-state index in [-0.39, 0.29) is 0 Å². The monoisotopic (exact) mass is 206 g/mol. The second kappa shape index (κ2) is 4.47. The van der Waals surface area contributed by atoms with Crippen molar-refractivity contribution in [3.63, 3.8) is 0 Å². The first-order valence-electron chi connectivity index (χ1n) is 5.57. The molecular weight excluding hydrogens is 188 g/mol. The number of aromatic nitrogens is 2. The van der Waals surface area contributed by atoms with Crippen molar-refractivity contribution in [2.24, 2.45) is 10.9 Å². The van der Waals surface area contributed by atoms with Crippen molar-refractivity contribution in [2.45, 2.75) is 33.2 Å². The number of aliphatic imine (C=N–C) groups is 1. The van der Waals surface area contributed by atoms with Gasteiger partial charge in [-0.25, -0.2) is 0 Å². The minimum atomic E-state index is 0.626. The Labute approximate surface area is 90.4 Å². The minimum Gasteiger partial charge on any atom is -0.342 e. The Balaban J connectivity index is 1.94. The van der Waals surface area contributed by atoms with Gasteiger partial charge >= 0.3 is 0 Å². The predicted octanol–water partition coefficient (Wildman–Crippen LogP) is 2.14. The van der Waals surface area contributed by atoms with Crippen molar-refractivity contribution in [1.82, 2.24) is 9.78 Å². The molecule has 1 aliphatic rings. The summed E-state index contributed by atoms with van der Waals surface area (Å²) in [5.74, 6) is 1.72. The van der Waals surface area contributed by atoms with Gasteiger partial charge < -0.3 is 5.32 Å². The van der Waals surface area contributed by atoms with E-state index in [1.165, 1.54) is 6.42 Å². The van der Waals surface area contributed by atoms with Gasteiger partial charge in [0.25, 0.3) is 0 Å². The van der Waals surface area contributed by atoms with Crippen LogP contribution in [0.3, 0.4) is 0 Å². The van der Waals surface area contributed by atoms with Crippen molar-refractivity contribution < 1.29 is 0 Å². The van der Waals surface area contributed by atoms with E-state index in [1.807, 2.05) is 17.1 Å². The highest BCUT2D eigenvalue weighted by Gasteiger charge is 2.07. The van der Waals surface area contributed by atoms with Crippen molar-refractivity contribution in [3.05, 3.63) is 12.4 Å². The number of nitrogens with one attached hydrogen (secondary N) is 1. The van der Waals surface area contributed by atoms with Gasteiger partial charge in [-0.15, -0.1) is 0 Å². The molecule has 1 aromatic heterocycles. The zero-order valence-corrected chi connectivity index (χ0v) is 9.40. The van der Waals surface area contributed by atoms with Crippen LogP contribution in [0.5, 0.6) is 0 Å². The third kappa shape index (κ3) is 2.81. The Morgan fingerprint density at radius 2 is 2.40 bits per heavy atom. The fraction of sp³-hybridized carbons (Fsp3) is 0.636. The topological polar surface area (TPSA) is 42.2 Å². The molecule has 0 unspecified atom stereocenters. The van der Waals surface area contributed by atoms with Gasteiger partial charge in [-0.05, 0) is 12.3 Å². The maximum absolute atomic E-state index is 4.37. The highest BCUT2D eigenvalue weighted by atomic mass is 15.3. The van der Waals surface area contributed by atoms with Crippen LogP contribution in [0.15, 0.2) is 17.4 Å². The Hall–Kier alpha value is -1.32. The molecule has 1 aliphatic heterocycles. The molecule has 0 amide bonds. The van der Waals surface area contributed by atoms with Gasteiger partial charge in [0.2, 0.25) is 0 Å². The summed E-state index contributed by atoms with van der Waals surface area (Å²) in [6.45, 7) is 6.31. The lowest BCUT2D eigenvalue weighted by Crippen LogP contribution is -2.08. The minimum absolute atomic E-state index is 0.626. The summed E-state index contributed by atoms with van der Waals surface area (Å²) in [4.78, 5) is 4.37. The van der Waals surface area contributed by atoms with Crippen molar-refractivity contribution >= 4 is 11.5 Å². The van der Waals surface area contributed by atoms with E-state index < -0.39 is 0 Å². The van der Waals surface area contributed by atoms with E-state index in [2.05, 4.69) is 29.3 Å². The second-order valence-electron chi connectivity index (χ2n) is 4.40. The summed E-state index contributed by atoms with van der Waals surface area (Å²) in [5.41, 5.74) is 1.05. The smallest absolute Gasteiger partial charge is 0.101 e. The summed E-state index contributed by atoms with van der Waals surface area (Å²) >= 11 is 0. The average molecular weight is 206 g/mol. The molecule has 0 radical (unpaired) electrons. The third-order valence-electron chi connectivity index (χ3n) is 2.35. The van der Waals surface area contributed by atoms with Gasteiger partial charge in [0, 0.05) is 25.7 Å². The van der Waals surface area contributed by atoms with E-state index in [4.69, 9.17) is 0 Å². The number of anilines is 1. The van der Waals surface area contributed by atoms with E-state index in [0.717, 1.165) is 31.0 Å². The summed E-state index contributed by atoms with van der Waals surface area (Å²) in [7, 11) is 0. The molecule has 0 spiro atoms. The maximum atomic E-state index is 4.37. The number of hydrogen-bond acceptors (Lipinski definition) is 3. The molecule has 1 aromatic rings. The fourth-order valence-electron chi connectivity index (χ4n) is 1.71. The van der Waals surface area contributed by atoms with Crippen LogP contribution < -0.4 is 5.32 Å². The highest BCUT2D eigenvalue weighted by Crippen LogP contribution is 2.11. The highest BCUT2D eigenvalue weighted by molar-refractivity contribution is 5.96. The molecular formula is C11H18N4. The van der Waals surface area contributed by atoms with Crippen LogP contribution in [-0.2, 0) is 6.54 Å². The van der Waals surface area contributed by atoms with Crippen LogP contribution >= 0.6 is 0 Å². The second-order valence-corrected chi connectivity index (χ2v) is 4.40. The predicted molar refractivity (Wildman–Crippen MR) is 62.2 cm³/mol. The normalized spacial score (nSPS) is 15.8. The third-order valence-corrected chi connectivity index (χ3v) is 2.35. The van der Waals surface area contributed by atoms with E-state index >= 15 is 0 Å². The molecule has 4 nitrogen and oxygen atoms in total. The van der Waals surface area contributed by atoms with Crippen molar-refractivity contribution in [2.75, 3.05) is 11.9 Å². The maximum Gasteiger partial charge on any atom is 0.101 e. The first kappa shape index (κ1) is 10.2. The first-order valence-corrected chi connectivity index (χ1v) is 5.57. The molecule has 0 saturated carbocycles. The summed E-state index contributed by atoms with van der Waals surface area (Å²) < 4.78 is 1.97. The zero-order chi connectivity index (χ0) is 10.7. The molecule has 0 aromatic carbocycles. The lowest BCUT2D eigenvalue weighted by Gasteiger charge is -2.04. The van der Waals surface area contributed by atoms with Crippen LogP contribution in [0.2, 0.25) is 0 Å². The number of hydrogen-bond donors (Lipinski definition) is 1. The summed E-state index contributed by atoms with van der Waals surface area (Å²) in [6, 6.07) is 0. The number of rotatable bonds is 3. The molecule has 2 rings (SSSR count). The van der Waals surface area contributed by atoms with Gasteiger partial charge in [0.1, 0.15) is 5.84 Å². The van der Waals surface area contributed by atoms with Gasteiger partial charge in [-0.3, -0.25) is 9.67 Å². The molecule has 15 heavy (non-hydrogen) atoms.